The second-order valence-electron chi connectivity index (χ2n) is 7.77. The molecule has 0 saturated carbocycles. The average Bonchev–Trinajstić information content (AvgIpc) is 3.22. The van der Waals surface area contributed by atoms with Crippen LogP contribution in [0.2, 0.25) is 0 Å². The highest BCUT2D eigenvalue weighted by Crippen LogP contribution is 2.46. The first kappa shape index (κ1) is 16.5. The number of carbonyl (C=O) groups excluding carboxylic acids is 1. The number of rotatable bonds is 2. The monoisotopic (exact) mass is 361 g/mol. The smallest absolute Gasteiger partial charge is 0.228 e. The third-order valence-electron chi connectivity index (χ3n) is 6.44. The molecule has 1 saturated heterocycles. The largest absolute Gasteiger partial charge is 0.392 e. The van der Waals surface area contributed by atoms with Gasteiger partial charge in [-0.3, -0.25) is 4.79 Å². The number of pyridine rings is 1. The molecule has 0 radical (unpaired) electrons. The molecule has 5 heteroatoms. The lowest BCUT2D eigenvalue weighted by atomic mass is 9.72. The number of fused-ring (bicyclic) bond motifs is 3. The minimum atomic E-state index is -0.342. The van der Waals surface area contributed by atoms with Gasteiger partial charge in [0, 0.05) is 30.9 Å². The van der Waals surface area contributed by atoms with Crippen molar-refractivity contribution in [3.05, 3.63) is 71.7 Å². The zero-order chi connectivity index (χ0) is 18.4. The molecule has 1 amide bonds. The van der Waals surface area contributed by atoms with Crippen molar-refractivity contribution in [2.45, 2.75) is 37.2 Å². The van der Waals surface area contributed by atoms with Gasteiger partial charge in [-0.2, -0.15) is 0 Å². The van der Waals surface area contributed by atoms with Gasteiger partial charge in [-0.05, 0) is 42.5 Å². The second-order valence-corrected chi connectivity index (χ2v) is 7.77. The molecule has 1 spiro atoms. The third-order valence-corrected chi connectivity index (χ3v) is 6.44. The number of benzene rings is 1. The Morgan fingerprint density at radius 1 is 1.15 bits per heavy atom. The Morgan fingerprint density at radius 2 is 1.93 bits per heavy atom. The number of amides is 1. The van der Waals surface area contributed by atoms with Crippen molar-refractivity contribution < 1.29 is 9.90 Å². The van der Waals surface area contributed by atoms with Crippen molar-refractivity contribution in [2.75, 3.05) is 13.1 Å². The summed E-state index contributed by atoms with van der Waals surface area (Å²) < 4.78 is 1.97. The number of hydrogen-bond donors (Lipinski definition) is 1. The summed E-state index contributed by atoms with van der Waals surface area (Å²) >= 11 is 0. The van der Waals surface area contributed by atoms with Gasteiger partial charge in [0.15, 0.2) is 0 Å². The highest BCUT2D eigenvalue weighted by atomic mass is 16.3. The minimum Gasteiger partial charge on any atom is -0.392 e. The van der Waals surface area contributed by atoms with E-state index in [9.17, 15) is 9.90 Å². The fourth-order valence-corrected chi connectivity index (χ4v) is 4.91. The van der Waals surface area contributed by atoms with Crippen LogP contribution in [0.5, 0.6) is 0 Å². The Labute approximate surface area is 158 Å². The van der Waals surface area contributed by atoms with Crippen molar-refractivity contribution in [1.29, 1.82) is 0 Å². The van der Waals surface area contributed by atoms with Gasteiger partial charge < -0.3 is 14.4 Å². The molecule has 3 heterocycles. The minimum absolute atomic E-state index is 0.135. The fourth-order valence-electron chi connectivity index (χ4n) is 4.91. The van der Waals surface area contributed by atoms with Crippen molar-refractivity contribution >= 4 is 11.6 Å². The molecule has 0 bridgehead atoms. The molecular weight excluding hydrogens is 338 g/mol. The summed E-state index contributed by atoms with van der Waals surface area (Å²) in [5, 5.41) is 10.8. The normalized spacial score (nSPS) is 20.9. The molecule has 1 aromatic carbocycles. The molecule has 5 nitrogen and oxygen atoms in total. The lowest BCUT2D eigenvalue weighted by Crippen LogP contribution is -2.49. The Balaban J connectivity index is 1.31. The number of nitrogens with zero attached hydrogens (tertiary/aromatic N) is 3. The third kappa shape index (κ3) is 2.57. The first-order valence-electron chi connectivity index (χ1n) is 9.62. The van der Waals surface area contributed by atoms with E-state index in [2.05, 4.69) is 23.2 Å². The van der Waals surface area contributed by atoms with Crippen LogP contribution in [0.3, 0.4) is 0 Å². The average molecular weight is 361 g/mol. The van der Waals surface area contributed by atoms with Crippen LogP contribution in [0.25, 0.3) is 5.65 Å². The predicted octanol–water partition coefficient (Wildman–Crippen LogP) is 2.35. The topological polar surface area (TPSA) is 57.8 Å². The van der Waals surface area contributed by atoms with Crippen LogP contribution >= 0.6 is 0 Å². The number of piperidine rings is 1. The lowest BCUT2D eigenvalue weighted by molar-refractivity contribution is -0.132. The maximum absolute atomic E-state index is 12.9. The summed E-state index contributed by atoms with van der Waals surface area (Å²) in [6.07, 6.45) is 6.13. The first-order chi connectivity index (χ1) is 13.2. The van der Waals surface area contributed by atoms with Gasteiger partial charge in [-0.25, -0.2) is 4.98 Å². The summed E-state index contributed by atoms with van der Waals surface area (Å²) in [7, 11) is 0. The van der Waals surface area contributed by atoms with Crippen LogP contribution in [0.4, 0.5) is 0 Å². The molecule has 1 aliphatic heterocycles. The molecule has 2 aliphatic rings. The van der Waals surface area contributed by atoms with Crippen LogP contribution in [-0.2, 0) is 23.1 Å². The van der Waals surface area contributed by atoms with E-state index in [4.69, 9.17) is 0 Å². The number of carbonyl (C=O) groups is 1. The Hall–Kier alpha value is -2.66. The summed E-state index contributed by atoms with van der Waals surface area (Å²) in [6, 6.07) is 14.2. The van der Waals surface area contributed by atoms with Gasteiger partial charge in [0.25, 0.3) is 0 Å². The highest BCUT2D eigenvalue weighted by Gasteiger charge is 2.47. The van der Waals surface area contributed by atoms with E-state index < -0.39 is 0 Å². The summed E-state index contributed by atoms with van der Waals surface area (Å²) in [5.41, 5.74) is 4.14. The van der Waals surface area contributed by atoms with Gasteiger partial charge in [-0.15, -0.1) is 0 Å². The van der Waals surface area contributed by atoms with Crippen molar-refractivity contribution in [3.63, 3.8) is 0 Å². The van der Waals surface area contributed by atoms with Gasteiger partial charge in [0.05, 0.1) is 18.2 Å². The molecule has 1 aliphatic carbocycles. The van der Waals surface area contributed by atoms with Crippen molar-refractivity contribution in [2.24, 2.45) is 0 Å². The first-order valence-corrected chi connectivity index (χ1v) is 9.62. The van der Waals surface area contributed by atoms with Crippen molar-refractivity contribution in [3.8, 4) is 0 Å². The van der Waals surface area contributed by atoms with E-state index in [0.717, 1.165) is 30.6 Å². The molecule has 0 unspecified atom stereocenters. The number of aliphatic hydroxyl groups is 1. The molecule has 1 fully saturated rings. The molecule has 1 atom stereocenters. The lowest BCUT2D eigenvalue weighted by Gasteiger charge is -2.42. The molecule has 5 rings (SSSR count). The summed E-state index contributed by atoms with van der Waals surface area (Å²) in [5.74, 6) is 0.135. The molecule has 27 heavy (non-hydrogen) atoms. The van der Waals surface area contributed by atoms with Gasteiger partial charge in [0.2, 0.25) is 5.91 Å². The zero-order valence-corrected chi connectivity index (χ0v) is 15.2. The van der Waals surface area contributed by atoms with E-state index in [0.29, 0.717) is 19.5 Å². The summed E-state index contributed by atoms with van der Waals surface area (Å²) in [6.45, 7) is 1.39. The standard InChI is InChI=1S/C22H23N3O2/c26-19-13-16-5-1-2-6-18(16)22(19)8-11-24(12-9-22)21(27)14-17-15-23-20-7-3-4-10-25(17)20/h1-7,10,15,19,26H,8-9,11-14H2/t19-/m1/s1. The van der Waals surface area contributed by atoms with E-state index in [1.165, 1.54) is 11.1 Å². The van der Waals surface area contributed by atoms with Crippen LogP contribution in [0.15, 0.2) is 54.9 Å². The molecular formula is C22H23N3O2. The summed E-state index contributed by atoms with van der Waals surface area (Å²) in [4.78, 5) is 19.2. The maximum atomic E-state index is 12.9. The fraction of sp³-hybridized carbons (Fsp3) is 0.364. The number of likely N-dealkylation sites (tertiary alicyclic amines) is 1. The number of aliphatic hydroxyl groups excluding tert-OH is 1. The van der Waals surface area contributed by atoms with Crippen LogP contribution in [0.1, 0.15) is 29.7 Å². The van der Waals surface area contributed by atoms with Crippen LogP contribution in [-0.4, -0.2) is 44.5 Å². The molecule has 2 aromatic heterocycles. The van der Waals surface area contributed by atoms with Gasteiger partial charge >= 0.3 is 0 Å². The van der Waals surface area contributed by atoms with E-state index >= 15 is 0 Å². The van der Waals surface area contributed by atoms with Crippen LogP contribution < -0.4 is 0 Å². The molecule has 138 valence electrons. The number of imidazole rings is 1. The Morgan fingerprint density at radius 3 is 2.78 bits per heavy atom. The number of hydrogen-bond acceptors (Lipinski definition) is 3. The van der Waals surface area contributed by atoms with Crippen LogP contribution in [0, 0.1) is 0 Å². The quantitative estimate of drug-likeness (QED) is 0.762. The SMILES string of the molecule is O=C(Cc1cnc2ccccn12)N1CCC2(CC1)c1ccccc1C[C@H]2O. The van der Waals surface area contributed by atoms with E-state index in [1.54, 1.807) is 6.20 Å². The zero-order valence-electron chi connectivity index (χ0n) is 15.2. The second kappa shape index (κ2) is 6.20. The number of aromatic nitrogens is 2. The highest BCUT2D eigenvalue weighted by molar-refractivity contribution is 5.78. The van der Waals surface area contributed by atoms with E-state index in [-0.39, 0.29) is 17.4 Å². The van der Waals surface area contributed by atoms with Gasteiger partial charge in [-0.1, -0.05) is 30.3 Å². The Kier molecular flexibility index (Phi) is 3.79. The predicted molar refractivity (Wildman–Crippen MR) is 103 cm³/mol. The van der Waals surface area contributed by atoms with Crippen molar-refractivity contribution in [1.82, 2.24) is 14.3 Å². The maximum Gasteiger partial charge on any atom is 0.228 e. The van der Waals surface area contributed by atoms with E-state index in [1.807, 2.05) is 39.8 Å². The molecule has 3 aromatic rings. The van der Waals surface area contributed by atoms with Gasteiger partial charge in [0.1, 0.15) is 5.65 Å². The molecule has 1 N–H and O–H groups in total. The Bertz CT molecular complexity index is 1000.